The first-order chi connectivity index (χ1) is 23.6. The van der Waals surface area contributed by atoms with E-state index in [0.717, 1.165) is 46.6 Å². The summed E-state index contributed by atoms with van der Waals surface area (Å²) in [4.78, 5) is 0. The van der Waals surface area contributed by atoms with Crippen LogP contribution in [0.4, 0.5) is 0 Å². The Labute approximate surface area is 438 Å². The Hall–Kier alpha value is 2.88. The molecule has 358 valence electrons. The summed E-state index contributed by atoms with van der Waals surface area (Å²) < 4.78 is 0. The molecule has 0 radical (unpaired) electrons. The molecule has 0 N–H and O–H groups in total. The Balaban J connectivity index is -0.0000000908. The number of hydrogen-bond acceptors (Lipinski definition) is 0. The molecule has 0 spiro atoms. The number of rotatable bonds is 17. The SMILES string of the molecule is C=C[Si](C)(C1CCC(CC)C1)C1CCC(C[SiH](C)C)C1.CC(C)[CH2][AlH][CH2]C(C)C.CCC[Si](C)(C1CCC(CC)C1)C1CCC(C[SiH](C)C)C1.[CH3-].[CH3-].[CH3-].[CH3-].[CH3-].[CH3-].[CH3-].[CH3-].[Hf+4].[Hf+4]. The fourth-order valence-corrected chi connectivity index (χ4v) is 28.0. The standard InChI is InChI=1S/C19H40Si2.C18H36Si2.2C4H9.8CH3.Al.2Hf.H/c1-6-12-21(5,18-10-8-16(7-2)13-18)19-11-9-17(14-19)15-20(3)4;1-6-15-8-10-17(12-15)20(5,7-2)18-11-9-16(13-18)14-19(3)4;2*1-4(2)3;;;;;;;;;;;;/h16-20H,6-15H2,1-5H3;7,15-19H,2,6,8-14H2,1,3-5H3;2*4H,1H2,2-3H3;8*1H3;;;;/q;;;;8*-1;;2*+4;. The Morgan fingerprint density at radius 2 is 0.833 bits per heavy atom. The Bertz CT molecular complexity index is 911. The van der Waals surface area contributed by atoms with Crippen molar-refractivity contribution in [3.63, 3.8) is 0 Å². The molecule has 0 aromatic heterocycles. The van der Waals surface area contributed by atoms with Crippen LogP contribution in [0.5, 0.6) is 0 Å². The molecule has 4 aliphatic rings. The fraction of sp³-hybridized carbons (Fsp3) is 0.811. The molecular weight excluding hydrogens is 1130 g/mol. The van der Waals surface area contributed by atoms with Crippen LogP contribution in [0.25, 0.3) is 0 Å². The second-order valence-corrected chi connectivity index (χ2v) is 39.4. The molecule has 7 heteroatoms. The zero-order valence-electron chi connectivity index (χ0n) is 46.1. The van der Waals surface area contributed by atoms with Gasteiger partial charge in [-0.25, -0.2) is 0 Å². The van der Waals surface area contributed by atoms with E-state index in [4.69, 9.17) is 0 Å². The van der Waals surface area contributed by atoms with E-state index in [1.807, 2.05) is 0 Å². The summed E-state index contributed by atoms with van der Waals surface area (Å²) in [5.41, 5.74) is 7.00. The minimum absolute atomic E-state index is 0. The Morgan fingerprint density at radius 3 is 1.12 bits per heavy atom. The molecule has 0 aromatic carbocycles. The summed E-state index contributed by atoms with van der Waals surface area (Å²) in [5, 5.41) is 3.08. The summed E-state index contributed by atoms with van der Waals surface area (Å²) in [6, 6.07) is 4.86. The molecule has 4 fully saturated rings. The molecule has 0 amide bonds. The average Bonchev–Trinajstić information content (AvgIpc) is 3.88. The second kappa shape index (κ2) is 43.2. The van der Waals surface area contributed by atoms with Crippen molar-refractivity contribution in [1.29, 1.82) is 0 Å². The van der Waals surface area contributed by atoms with Gasteiger partial charge in [0.2, 0.25) is 15.2 Å². The van der Waals surface area contributed by atoms with Crippen LogP contribution in [0.3, 0.4) is 0 Å². The zero-order chi connectivity index (χ0) is 37.5. The van der Waals surface area contributed by atoms with Crippen LogP contribution < -0.4 is 0 Å². The molecule has 60 heavy (non-hydrogen) atoms. The molecule has 4 aliphatic carbocycles. The summed E-state index contributed by atoms with van der Waals surface area (Å²) in [6.07, 6.45) is 23.1. The molecule has 10 unspecified atom stereocenters. The first kappa shape index (κ1) is 82.9. The fourth-order valence-electron chi connectivity index (χ4n) is 12.0. The minimum atomic E-state index is -1.23. The van der Waals surface area contributed by atoms with E-state index in [1.54, 1.807) is 63.1 Å². The Morgan fingerprint density at radius 1 is 0.533 bits per heavy atom. The second-order valence-electron chi connectivity index (χ2n) is 21.1. The summed E-state index contributed by atoms with van der Waals surface area (Å²) in [7, 11) is -2.96. The van der Waals surface area contributed by atoms with Gasteiger partial charge in [-0.2, -0.15) is 0 Å². The molecule has 4 rings (SSSR count). The van der Waals surface area contributed by atoms with E-state index in [1.165, 1.54) is 73.0 Å². The van der Waals surface area contributed by atoms with E-state index < -0.39 is 16.1 Å². The van der Waals surface area contributed by atoms with Crippen molar-refractivity contribution in [1.82, 2.24) is 0 Å². The molecule has 0 aliphatic heterocycles. The van der Waals surface area contributed by atoms with Crippen molar-refractivity contribution in [2.45, 2.75) is 235 Å². The maximum Gasteiger partial charge on any atom is 4.00 e. The van der Waals surface area contributed by atoms with Crippen LogP contribution in [0.1, 0.15) is 145 Å². The first-order valence-corrected chi connectivity index (χ1v) is 37.1. The van der Waals surface area contributed by atoms with Crippen LogP contribution in [-0.4, -0.2) is 49.0 Å². The Kier molecular flexibility index (Phi) is 59.7. The van der Waals surface area contributed by atoms with Crippen molar-refractivity contribution < 1.29 is 51.7 Å². The maximum atomic E-state index is 4.33. The third-order valence-electron chi connectivity index (χ3n) is 15.3. The van der Waals surface area contributed by atoms with Gasteiger partial charge < -0.3 is 59.4 Å². The van der Waals surface area contributed by atoms with Crippen LogP contribution >= 0.6 is 0 Å². The van der Waals surface area contributed by atoms with Gasteiger partial charge in [0.05, 0.1) is 16.1 Å². The van der Waals surface area contributed by atoms with Crippen LogP contribution in [0, 0.1) is 94.9 Å². The van der Waals surface area contributed by atoms with Gasteiger partial charge in [0.1, 0.15) is 0 Å². The average molecular weight is 1250 g/mol. The van der Waals surface area contributed by atoms with Crippen LogP contribution in [0.2, 0.25) is 90.1 Å². The van der Waals surface area contributed by atoms with Crippen LogP contribution in [-0.2, 0) is 51.7 Å². The summed E-state index contributed by atoms with van der Waals surface area (Å²) in [6.45, 7) is 36.6. The summed E-state index contributed by atoms with van der Waals surface area (Å²) in [5.74, 6) is 6.24. The third kappa shape index (κ3) is 28.3. The van der Waals surface area contributed by atoms with E-state index in [2.05, 4.69) is 100 Å². The van der Waals surface area contributed by atoms with Crippen molar-refractivity contribution in [3.8, 4) is 0 Å². The minimum Gasteiger partial charge on any atom is -0.358 e. The van der Waals surface area contributed by atoms with Gasteiger partial charge in [-0.05, 0) is 65.1 Å². The van der Waals surface area contributed by atoms with Gasteiger partial charge in [-0.15, -0.1) is 12.3 Å². The molecule has 0 saturated heterocycles. The van der Waals surface area contributed by atoms with E-state index in [-0.39, 0.29) is 129 Å². The summed E-state index contributed by atoms with van der Waals surface area (Å²) >= 11 is 0.316. The quantitative estimate of drug-likeness (QED) is 0.101. The smallest absolute Gasteiger partial charge is 0.358 e. The maximum absolute atomic E-state index is 4.33. The van der Waals surface area contributed by atoms with Crippen molar-refractivity contribution >= 4 is 49.0 Å². The first-order valence-electron chi connectivity index (χ1n) is 23.2. The molecule has 0 bridgehead atoms. The predicted octanol–water partition coefficient (Wildman–Crippen LogP) is 18.9. The zero-order valence-corrected chi connectivity index (χ0v) is 59.0. The van der Waals surface area contributed by atoms with E-state index in [0.29, 0.717) is 15.2 Å². The predicted molar refractivity (Wildman–Crippen MR) is 299 cm³/mol. The number of hydrogen-bond donors (Lipinski definition) is 0. The van der Waals surface area contributed by atoms with Crippen LogP contribution in [0.15, 0.2) is 12.3 Å². The van der Waals surface area contributed by atoms with Crippen molar-refractivity contribution in [2.75, 3.05) is 0 Å². The monoisotopic (exact) mass is 1250 g/mol. The molecular formula is C53H119AlHf2Si4. The van der Waals surface area contributed by atoms with Gasteiger partial charge in [0.25, 0.3) is 0 Å². The van der Waals surface area contributed by atoms with Gasteiger partial charge >= 0.3 is 51.7 Å². The molecule has 0 heterocycles. The van der Waals surface area contributed by atoms with E-state index >= 15 is 0 Å². The molecule has 0 nitrogen and oxygen atoms in total. The van der Waals surface area contributed by atoms with Gasteiger partial charge in [0.15, 0.2) is 0 Å². The van der Waals surface area contributed by atoms with Crippen molar-refractivity contribution in [2.24, 2.45) is 35.5 Å². The topological polar surface area (TPSA) is 0 Å². The van der Waals surface area contributed by atoms with E-state index in [9.17, 15) is 0 Å². The molecule has 0 aromatic rings. The van der Waals surface area contributed by atoms with Gasteiger partial charge in [-0.1, -0.05) is 205 Å². The normalized spacial score (nSPS) is 26.8. The molecule has 4 saturated carbocycles. The van der Waals surface area contributed by atoms with Gasteiger partial charge in [0, 0.05) is 17.6 Å². The van der Waals surface area contributed by atoms with Crippen molar-refractivity contribution in [3.05, 3.63) is 71.7 Å². The third-order valence-corrected chi connectivity index (χ3v) is 33.5. The van der Waals surface area contributed by atoms with Gasteiger partial charge in [-0.3, -0.25) is 0 Å². The molecule has 10 atom stereocenters. The largest absolute Gasteiger partial charge is 4.00 e.